The van der Waals surface area contributed by atoms with Crippen LogP contribution < -0.4 is 0 Å². The molecule has 0 aliphatic carbocycles. The van der Waals surface area contributed by atoms with Crippen LogP contribution in [0.4, 0.5) is 0 Å². The Morgan fingerprint density at radius 1 is 0.529 bits per heavy atom. The SMILES string of the molecule is CC(C)CCCCCCCCCCCCCCCCCC(=O)O[C@H](COC(=O)CCCCCCCCCC(C)C)COP(=O)(O)OC[C@@H](O)CO. The molecule has 0 aliphatic heterocycles. The first kappa shape index (κ1) is 50.0. The number of phosphoric acid groups is 1. The molecule has 0 aromatic carbocycles. The predicted molar refractivity (Wildman–Crippen MR) is 205 cm³/mol. The van der Waals surface area contributed by atoms with Crippen LogP contribution >= 0.6 is 7.82 Å². The van der Waals surface area contributed by atoms with Crippen LogP contribution in [-0.4, -0.2) is 65.7 Å². The van der Waals surface area contributed by atoms with Crippen molar-refractivity contribution in [2.45, 2.75) is 207 Å². The summed E-state index contributed by atoms with van der Waals surface area (Å²) in [5, 5.41) is 18.3. The fourth-order valence-electron chi connectivity index (χ4n) is 5.89. The van der Waals surface area contributed by atoms with Crippen LogP contribution in [0.15, 0.2) is 0 Å². The van der Waals surface area contributed by atoms with Crippen LogP contribution in [-0.2, 0) is 32.7 Å². The van der Waals surface area contributed by atoms with E-state index in [9.17, 15) is 24.2 Å². The molecule has 0 amide bonds. The Balaban J connectivity index is 4.24. The molecule has 304 valence electrons. The summed E-state index contributed by atoms with van der Waals surface area (Å²) < 4.78 is 32.6. The molecule has 0 aromatic rings. The molecule has 0 aliphatic rings. The van der Waals surface area contributed by atoms with Crippen molar-refractivity contribution >= 4 is 19.8 Å². The Morgan fingerprint density at radius 3 is 1.27 bits per heavy atom. The summed E-state index contributed by atoms with van der Waals surface area (Å²) in [5.41, 5.74) is 0. The number of rotatable bonds is 38. The lowest BCUT2D eigenvalue weighted by molar-refractivity contribution is -0.161. The first-order chi connectivity index (χ1) is 24.4. The van der Waals surface area contributed by atoms with E-state index in [0.29, 0.717) is 12.8 Å². The van der Waals surface area contributed by atoms with Gasteiger partial charge in [-0.15, -0.1) is 0 Å². The first-order valence-corrected chi connectivity index (χ1v) is 22.2. The monoisotopic (exact) mass is 751 g/mol. The minimum atomic E-state index is -4.61. The van der Waals surface area contributed by atoms with E-state index in [2.05, 4.69) is 32.2 Å². The van der Waals surface area contributed by atoms with Crippen LogP contribution in [0.25, 0.3) is 0 Å². The summed E-state index contributed by atoms with van der Waals surface area (Å²) in [6.45, 7) is 7.00. The molecular formula is C40H79O10P. The number of aliphatic hydroxyl groups is 2. The molecule has 3 N–H and O–H groups in total. The number of carbonyl (C=O) groups is 2. The van der Waals surface area contributed by atoms with Gasteiger partial charge in [-0.25, -0.2) is 4.57 Å². The Hall–Kier alpha value is -1.03. The summed E-state index contributed by atoms with van der Waals surface area (Å²) in [4.78, 5) is 34.9. The predicted octanol–water partition coefficient (Wildman–Crippen LogP) is 10.4. The van der Waals surface area contributed by atoms with Crippen molar-refractivity contribution in [3.63, 3.8) is 0 Å². The lowest BCUT2D eigenvalue weighted by Gasteiger charge is -2.20. The molecule has 0 spiro atoms. The highest BCUT2D eigenvalue weighted by atomic mass is 31.2. The third kappa shape index (κ3) is 37.1. The second-order valence-electron chi connectivity index (χ2n) is 15.3. The molecular weight excluding hydrogens is 671 g/mol. The van der Waals surface area contributed by atoms with Gasteiger partial charge in [-0.2, -0.15) is 0 Å². The lowest BCUT2D eigenvalue weighted by Crippen LogP contribution is -2.29. The van der Waals surface area contributed by atoms with Gasteiger partial charge in [0.1, 0.15) is 12.7 Å². The number of aliphatic hydroxyl groups excluding tert-OH is 2. The smallest absolute Gasteiger partial charge is 0.462 e. The van der Waals surface area contributed by atoms with Crippen molar-refractivity contribution in [2.75, 3.05) is 26.4 Å². The van der Waals surface area contributed by atoms with Gasteiger partial charge >= 0.3 is 19.8 Å². The molecule has 0 rings (SSSR count). The van der Waals surface area contributed by atoms with E-state index < -0.39 is 51.8 Å². The Bertz CT molecular complexity index is 853. The van der Waals surface area contributed by atoms with Gasteiger partial charge in [-0.1, -0.05) is 169 Å². The molecule has 0 heterocycles. The van der Waals surface area contributed by atoms with Crippen LogP contribution in [0.1, 0.15) is 195 Å². The standard InChI is InChI=1S/C40H79O10P/c1-35(2)27-23-19-15-12-10-8-6-5-7-9-11-13-17-22-26-30-40(44)50-38(34-49-51(45,46)48-32-37(42)31-41)33-47-39(43)29-25-21-18-14-16-20-24-28-36(3)4/h35-38,41-42H,5-34H2,1-4H3,(H,45,46)/t37-,38+/m0/s1. The Kier molecular flexibility index (Phi) is 34.0. The number of ether oxygens (including phenoxy) is 2. The second kappa shape index (κ2) is 34.7. The van der Waals surface area contributed by atoms with E-state index in [0.717, 1.165) is 50.4 Å². The second-order valence-corrected chi connectivity index (χ2v) is 16.8. The first-order valence-electron chi connectivity index (χ1n) is 20.7. The number of hydrogen-bond acceptors (Lipinski definition) is 9. The molecule has 0 bridgehead atoms. The molecule has 51 heavy (non-hydrogen) atoms. The molecule has 1 unspecified atom stereocenters. The van der Waals surface area contributed by atoms with Gasteiger partial charge in [0.25, 0.3) is 0 Å². The van der Waals surface area contributed by atoms with E-state index in [4.69, 9.17) is 19.1 Å². The van der Waals surface area contributed by atoms with Crippen molar-refractivity contribution in [1.82, 2.24) is 0 Å². The van der Waals surface area contributed by atoms with Crippen molar-refractivity contribution < 1.29 is 47.8 Å². The summed E-state index contributed by atoms with van der Waals surface area (Å²) in [6.07, 6.45) is 26.7. The molecule has 0 radical (unpaired) electrons. The lowest BCUT2D eigenvalue weighted by atomic mass is 10.0. The average Bonchev–Trinajstić information content (AvgIpc) is 3.08. The molecule has 10 nitrogen and oxygen atoms in total. The van der Waals surface area contributed by atoms with Gasteiger partial charge in [-0.3, -0.25) is 18.6 Å². The molecule has 0 saturated carbocycles. The number of esters is 2. The van der Waals surface area contributed by atoms with Crippen molar-refractivity contribution in [2.24, 2.45) is 11.8 Å². The van der Waals surface area contributed by atoms with Crippen molar-refractivity contribution in [3.05, 3.63) is 0 Å². The quantitative estimate of drug-likeness (QED) is 0.0316. The third-order valence-electron chi connectivity index (χ3n) is 9.12. The highest BCUT2D eigenvalue weighted by Gasteiger charge is 2.27. The molecule has 11 heteroatoms. The average molecular weight is 751 g/mol. The Labute approximate surface area is 312 Å². The fourth-order valence-corrected chi connectivity index (χ4v) is 6.68. The maximum absolute atomic E-state index is 12.6. The fraction of sp³-hybridized carbons (Fsp3) is 0.950. The number of phosphoric ester groups is 1. The minimum Gasteiger partial charge on any atom is -0.462 e. The van der Waals surface area contributed by atoms with Gasteiger partial charge in [0.05, 0.1) is 19.8 Å². The van der Waals surface area contributed by atoms with Crippen molar-refractivity contribution in [3.8, 4) is 0 Å². The van der Waals surface area contributed by atoms with Crippen LogP contribution in [0.3, 0.4) is 0 Å². The summed E-state index contributed by atoms with van der Waals surface area (Å²) in [5.74, 6) is 0.657. The van der Waals surface area contributed by atoms with Gasteiger partial charge in [0, 0.05) is 12.8 Å². The van der Waals surface area contributed by atoms with Gasteiger partial charge in [-0.05, 0) is 24.7 Å². The highest BCUT2D eigenvalue weighted by molar-refractivity contribution is 7.47. The van der Waals surface area contributed by atoms with Crippen LogP contribution in [0, 0.1) is 11.8 Å². The van der Waals surface area contributed by atoms with Gasteiger partial charge in [0.15, 0.2) is 6.10 Å². The van der Waals surface area contributed by atoms with E-state index >= 15 is 0 Å². The molecule has 0 aromatic heterocycles. The molecule has 3 atom stereocenters. The molecule has 0 saturated heterocycles. The number of carbonyl (C=O) groups excluding carboxylic acids is 2. The van der Waals surface area contributed by atoms with Crippen LogP contribution in [0.2, 0.25) is 0 Å². The normalized spacial score (nSPS) is 14.1. The molecule has 0 fully saturated rings. The summed E-state index contributed by atoms with van der Waals surface area (Å²) >= 11 is 0. The van der Waals surface area contributed by atoms with Gasteiger partial charge < -0.3 is 24.6 Å². The highest BCUT2D eigenvalue weighted by Crippen LogP contribution is 2.43. The number of unbranched alkanes of at least 4 members (excludes halogenated alkanes) is 20. The third-order valence-corrected chi connectivity index (χ3v) is 10.1. The zero-order chi connectivity index (χ0) is 38.0. The van der Waals surface area contributed by atoms with E-state index in [1.165, 1.54) is 103 Å². The minimum absolute atomic E-state index is 0.190. The summed E-state index contributed by atoms with van der Waals surface area (Å²) in [7, 11) is -4.61. The maximum Gasteiger partial charge on any atom is 0.472 e. The largest absolute Gasteiger partial charge is 0.472 e. The van der Waals surface area contributed by atoms with E-state index in [1.54, 1.807) is 0 Å². The van der Waals surface area contributed by atoms with Crippen LogP contribution in [0.5, 0.6) is 0 Å². The zero-order valence-corrected chi connectivity index (χ0v) is 34.1. The Morgan fingerprint density at radius 2 is 0.882 bits per heavy atom. The number of hydrogen-bond donors (Lipinski definition) is 3. The maximum atomic E-state index is 12.6. The van der Waals surface area contributed by atoms with E-state index in [1.807, 2.05) is 0 Å². The van der Waals surface area contributed by atoms with Crippen molar-refractivity contribution in [1.29, 1.82) is 0 Å². The van der Waals surface area contributed by atoms with Gasteiger partial charge in [0.2, 0.25) is 0 Å². The van der Waals surface area contributed by atoms with E-state index in [-0.39, 0.29) is 19.4 Å². The zero-order valence-electron chi connectivity index (χ0n) is 33.2. The topological polar surface area (TPSA) is 149 Å². The summed E-state index contributed by atoms with van der Waals surface area (Å²) in [6, 6.07) is 0.